The van der Waals surface area contributed by atoms with Crippen molar-refractivity contribution in [3.63, 3.8) is 0 Å². The van der Waals surface area contributed by atoms with Gasteiger partial charge in [-0.15, -0.1) is 0 Å². The minimum absolute atomic E-state index is 0.0218. The van der Waals surface area contributed by atoms with Crippen molar-refractivity contribution in [1.82, 2.24) is 15.0 Å². The number of nitrogens with one attached hydrogen (secondary N) is 3. The third kappa shape index (κ3) is 6.46. The molecule has 3 N–H and O–H groups in total. The molecule has 1 aromatic carbocycles. The molecule has 0 radical (unpaired) electrons. The van der Waals surface area contributed by atoms with Gasteiger partial charge in [0.15, 0.2) is 0 Å². The van der Waals surface area contributed by atoms with Gasteiger partial charge in [0.2, 0.25) is 10.0 Å². The molecule has 0 aliphatic rings. The average Bonchev–Trinajstić information content (AvgIpc) is 2.67. The number of amides is 2. The largest absolute Gasteiger partial charge is 0.344 e. The van der Waals surface area contributed by atoms with Crippen LogP contribution in [0, 0.1) is 0 Å². The molecule has 2 amide bonds. The number of pyridine rings is 1. The van der Waals surface area contributed by atoms with E-state index in [4.69, 9.17) is 0 Å². The third-order valence-electron chi connectivity index (χ3n) is 3.63. The van der Waals surface area contributed by atoms with Gasteiger partial charge in [-0.2, -0.15) is 0 Å². The zero-order valence-corrected chi connectivity index (χ0v) is 15.8. The third-order valence-corrected chi connectivity index (χ3v) is 5.09. The Bertz CT molecular complexity index is 885. The molecule has 0 spiro atoms. The van der Waals surface area contributed by atoms with E-state index in [2.05, 4.69) is 20.3 Å². The smallest absolute Gasteiger partial charge is 0.313 e. The maximum absolute atomic E-state index is 12.2. The quantitative estimate of drug-likeness (QED) is 0.465. The molecule has 0 aliphatic heterocycles. The highest BCUT2D eigenvalue weighted by Gasteiger charge is 2.17. The van der Waals surface area contributed by atoms with Crippen LogP contribution < -0.4 is 15.4 Å². The summed E-state index contributed by atoms with van der Waals surface area (Å²) in [5.74, 6) is -1.70. The van der Waals surface area contributed by atoms with Crippen LogP contribution in [0.2, 0.25) is 0 Å². The normalized spacial score (nSPS) is 11.0. The first kappa shape index (κ1) is 20.5. The van der Waals surface area contributed by atoms with Crippen LogP contribution in [-0.4, -0.2) is 31.8 Å². The maximum atomic E-state index is 12.2. The van der Waals surface area contributed by atoms with Crippen molar-refractivity contribution >= 4 is 27.5 Å². The van der Waals surface area contributed by atoms with Crippen LogP contribution >= 0.6 is 0 Å². The molecule has 9 heteroatoms. The summed E-state index contributed by atoms with van der Waals surface area (Å²) in [6.45, 7) is 2.49. The molecule has 0 saturated carbocycles. The van der Waals surface area contributed by atoms with Crippen molar-refractivity contribution < 1.29 is 18.0 Å². The van der Waals surface area contributed by atoms with Gasteiger partial charge in [0, 0.05) is 31.2 Å². The number of unbranched alkanes of at least 4 members (excludes halogenated alkanes) is 1. The molecule has 2 aromatic rings. The summed E-state index contributed by atoms with van der Waals surface area (Å²) in [7, 11) is -3.67. The van der Waals surface area contributed by atoms with Gasteiger partial charge >= 0.3 is 11.8 Å². The van der Waals surface area contributed by atoms with E-state index in [-0.39, 0.29) is 17.1 Å². The van der Waals surface area contributed by atoms with E-state index in [9.17, 15) is 18.0 Å². The van der Waals surface area contributed by atoms with Crippen LogP contribution in [0.1, 0.15) is 25.3 Å². The second kappa shape index (κ2) is 9.79. The summed E-state index contributed by atoms with van der Waals surface area (Å²) >= 11 is 0. The van der Waals surface area contributed by atoms with Crippen molar-refractivity contribution in [1.29, 1.82) is 0 Å². The first-order chi connectivity index (χ1) is 12.9. The van der Waals surface area contributed by atoms with Crippen molar-refractivity contribution in [2.75, 3.05) is 11.9 Å². The fourth-order valence-corrected chi connectivity index (χ4v) is 3.28. The second-order valence-electron chi connectivity index (χ2n) is 5.77. The van der Waals surface area contributed by atoms with Gasteiger partial charge in [-0.05, 0) is 42.3 Å². The van der Waals surface area contributed by atoms with Crippen LogP contribution in [0.3, 0.4) is 0 Å². The summed E-state index contributed by atoms with van der Waals surface area (Å²) < 4.78 is 27.0. The Morgan fingerprint density at radius 1 is 1.07 bits per heavy atom. The van der Waals surface area contributed by atoms with Gasteiger partial charge in [0.25, 0.3) is 0 Å². The number of hydrogen-bond acceptors (Lipinski definition) is 5. The predicted molar refractivity (Wildman–Crippen MR) is 101 cm³/mol. The Morgan fingerprint density at radius 3 is 2.52 bits per heavy atom. The van der Waals surface area contributed by atoms with E-state index in [0.717, 1.165) is 18.4 Å². The average molecular weight is 390 g/mol. The molecular formula is C18H22N4O4S. The Morgan fingerprint density at radius 2 is 1.81 bits per heavy atom. The fourth-order valence-electron chi connectivity index (χ4n) is 2.16. The molecule has 0 fully saturated rings. The molecule has 0 atom stereocenters. The Labute approximate surface area is 158 Å². The molecular weight excluding hydrogens is 368 g/mol. The van der Waals surface area contributed by atoms with Crippen LogP contribution in [0.25, 0.3) is 0 Å². The van der Waals surface area contributed by atoms with Gasteiger partial charge < -0.3 is 10.6 Å². The van der Waals surface area contributed by atoms with E-state index >= 15 is 0 Å². The number of hydrogen-bond donors (Lipinski definition) is 3. The molecule has 8 nitrogen and oxygen atoms in total. The lowest BCUT2D eigenvalue weighted by Crippen LogP contribution is -2.35. The first-order valence-electron chi connectivity index (χ1n) is 8.50. The van der Waals surface area contributed by atoms with Gasteiger partial charge in [-0.25, -0.2) is 13.1 Å². The monoisotopic (exact) mass is 390 g/mol. The standard InChI is InChI=1S/C18H22N4O4S/c1-2-3-9-21-27(25,26)16-6-4-5-15(12-16)22-18(24)17(23)20-13-14-7-10-19-11-8-14/h4-8,10-12,21H,2-3,9,13H2,1H3,(H,20,23)(H,22,24). The molecule has 0 saturated heterocycles. The number of sulfonamides is 1. The number of rotatable bonds is 8. The molecule has 0 bridgehead atoms. The molecule has 0 unspecified atom stereocenters. The number of anilines is 1. The number of nitrogens with zero attached hydrogens (tertiary/aromatic N) is 1. The Kier molecular flexibility index (Phi) is 7.44. The minimum atomic E-state index is -3.67. The number of carbonyl (C=O) groups is 2. The van der Waals surface area contributed by atoms with Crippen LogP contribution in [0.15, 0.2) is 53.7 Å². The van der Waals surface area contributed by atoms with Crippen LogP contribution in [0.4, 0.5) is 5.69 Å². The first-order valence-corrected chi connectivity index (χ1v) is 9.98. The fraction of sp³-hybridized carbons (Fsp3) is 0.278. The highest BCUT2D eigenvalue weighted by atomic mass is 32.2. The SMILES string of the molecule is CCCCNS(=O)(=O)c1cccc(NC(=O)C(=O)NCc2ccncc2)c1. The lowest BCUT2D eigenvalue weighted by molar-refractivity contribution is -0.136. The van der Waals surface area contributed by atoms with E-state index in [1.165, 1.54) is 24.3 Å². The predicted octanol–water partition coefficient (Wildman–Crippen LogP) is 1.41. The van der Waals surface area contributed by atoms with Crippen LogP contribution in [-0.2, 0) is 26.2 Å². The summed E-state index contributed by atoms with van der Waals surface area (Å²) in [6, 6.07) is 9.18. The molecule has 1 heterocycles. The highest BCUT2D eigenvalue weighted by molar-refractivity contribution is 7.89. The van der Waals surface area contributed by atoms with Crippen LogP contribution in [0.5, 0.6) is 0 Å². The maximum Gasteiger partial charge on any atom is 0.313 e. The Hall–Kier alpha value is -2.78. The highest BCUT2D eigenvalue weighted by Crippen LogP contribution is 2.15. The van der Waals surface area contributed by atoms with Gasteiger partial charge in [-0.3, -0.25) is 14.6 Å². The molecule has 27 heavy (non-hydrogen) atoms. The minimum Gasteiger partial charge on any atom is -0.344 e. The zero-order chi connectivity index (χ0) is 19.7. The Balaban J connectivity index is 1.96. The topological polar surface area (TPSA) is 117 Å². The van der Waals surface area contributed by atoms with Crippen molar-refractivity contribution in [3.05, 3.63) is 54.4 Å². The van der Waals surface area contributed by atoms with Gasteiger partial charge in [-0.1, -0.05) is 19.4 Å². The second-order valence-corrected chi connectivity index (χ2v) is 7.54. The van der Waals surface area contributed by atoms with Gasteiger partial charge in [0.05, 0.1) is 4.90 Å². The zero-order valence-electron chi connectivity index (χ0n) is 14.9. The van der Waals surface area contributed by atoms with Crippen molar-refractivity contribution in [2.45, 2.75) is 31.2 Å². The summed E-state index contributed by atoms with van der Waals surface area (Å²) in [4.78, 5) is 27.8. The van der Waals surface area contributed by atoms with E-state index in [1.54, 1.807) is 24.5 Å². The lowest BCUT2D eigenvalue weighted by atomic mass is 10.2. The van der Waals surface area contributed by atoms with Crippen molar-refractivity contribution in [3.8, 4) is 0 Å². The molecule has 2 rings (SSSR count). The number of benzene rings is 1. The lowest BCUT2D eigenvalue weighted by Gasteiger charge is -2.09. The summed E-state index contributed by atoms with van der Waals surface area (Å²) in [6.07, 6.45) is 4.77. The van der Waals surface area contributed by atoms with Crippen molar-refractivity contribution in [2.24, 2.45) is 0 Å². The summed E-state index contributed by atoms with van der Waals surface area (Å²) in [5, 5.41) is 4.89. The molecule has 144 valence electrons. The van der Waals surface area contributed by atoms with Gasteiger partial charge in [0.1, 0.15) is 0 Å². The van der Waals surface area contributed by atoms with E-state index in [0.29, 0.717) is 6.54 Å². The summed E-state index contributed by atoms with van der Waals surface area (Å²) in [5.41, 5.74) is 1.02. The van der Waals surface area contributed by atoms with E-state index < -0.39 is 21.8 Å². The molecule has 1 aromatic heterocycles. The van der Waals surface area contributed by atoms with E-state index in [1.807, 2.05) is 6.92 Å². The number of aromatic nitrogens is 1. The number of carbonyl (C=O) groups excluding carboxylic acids is 2. The molecule has 0 aliphatic carbocycles.